The van der Waals surface area contributed by atoms with E-state index in [1.165, 1.54) is 49.8 Å². The first-order valence-corrected chi connectivity index (χ1v) is 11.7. The second kappa shape index (κ2) is 10.1. The molecule has 1 heterocycles. The van der Waals surface area contributed by atoms with Gasteiger partial charge >= 0.3 is 5.76 Å². The van der Waals surface area contributed by atoms with Crippen LogP contribution in [0, 0.1) is 0 Å². The molecule has 0 unspecified atom stereocenters. The highest BCUT2D eigenvalue weighted by Crippen LogP contribution is 2.31. The van der Waals surface area contributed by atoms with Crippen LogP contribution in [0.3, 0.4) is 0 Å². The van der Waals surface area contributed by atoms with Gasteiger partial charge in [0, 0.05) is 24.3 Å². The molecule has 3 rings (SSSR count). The first-order chi connectivity index (χ1) is 16.1. The van der Waals surface area contributed by atoms with Crippen LogP contribution in [0.4, 0.5) is 5.69 Å². The van der Waals surface area contributed by atoms with Crippen molar-refractivity contribution in [2.45, 2.75) is 31.3 Å². The van der Waals surface area contributed by atoms with E-state index in [1.54, 1.807) is 32.0 Å². The molecule has 0 saturated carbocycles. The fourth-order valence-electron chi connectivity index (χ4n) is 3.09. The van der Waals surface area contributed by atoms with Gasteiger partial charge in [-0.2, -0.15) is 4.31 Å². The van der Waals surface area contributed by atoms with Crippen molar-refractivity contribution in [3.05, 3.63) is 53.0 Å². The zero-order valence-corrected chi connectivity index (χ0v) is 20.3. The van der Waals surface area contributed by atoms with Gasteiger partial charge in [-0.05, 0) is 56.3 Å². The van der Waals surface area contributed by atoms with Gasteiger partial charge in [0.1, 0.15) is 6.54 Å². The van der Waals surface area contributed by atoms with E-state index in [2.05, 4.69) is 10.5 Å². The Labute approximate surface area is 196 Å². The van der Waals surface area contributed by atoms with Crippen molar-refractivity contribution < 1.29 is 27.2 Å². The van der Waals surface area contributed by atoms with E-state index < -0.39 is 21.7 Å². The van der Waals surface area contributed by atoms with Crippen molar-refractivity contribution in [1.82, 2.24) is 14.0 Å². The summed E-state index contributed by atoms with van der Waals surface area (Å²) in [6.45, 7) is 3.17. The fraction of sp³-hybridized carbons (Fsp3) is 0.318. The zero-order chi connectivity index (χ0) is 25.0. The van der Waals surface area contributed by atoms with Crippen LogP contribution in [0.5, 0.6) is 11.5 Å². The molecule has 0 radical (unpaired) electrons. The lowest BCUT2D eigenvalue weighted by Crippen LogP contribution is -2.33. The van der Waals surface area contributed by atoms with Crippen LogP contribution in [-0.2, 0) is 21.4 Å². The zero-order valence-electron chi connectivity index (χ0n) is 19.4. The molecule has 1 amide bonds. The van der Waals surface area contributed by atoms with Gasteiger partial charge in [0.05, 0.1) is 19.1 Å². The minimum Gasteiger partial charge on any atom is -0.493 e. The van der Waals surface area contributed by atoms with Crippen LogP contribution in [0.2, 0.25) is 0 Å². The highest BCUT2D eigenvalue weighted by atomic mass is 32.2. The Morgan fingerprint density at radius 2 is 1.76 bits per heavy atom. The minimum absolute atomic E-state index is 0.104. The van der Waals surface area contributed by atoms with Gasteiger partial charge < -0.3 is 14.8 Å². The molecule has 34 heavy (non-hydrogen) atoms. The van der Waals surface area contributed by atoms with E-state index in [1.807, 2.05) is 0 Å². The maximum atomic E-state index is 12.6. The predicted molar refractivity (Wildman–Crippen MR) is 124 cm³/mol. The number of nitrogens with one attached hydrogen (secondary N) is 1. The van der Waals surface area contributed by atoms with Crippen LogP contribution in [0.25, 0.3) is 11.4 Å². The van der Waals surface area contributed by atoms with Crippen molar-refractivity contribution in [3.63, 3.8) is 0 Å². The van der Waals surface area contributed by atoms with Gasteiger partial charge in [-0.25, -0.2) is 17.8 Å². The Bertz CT molecular complexity index is 1330. The normalized spacial score (nSPS) is 11.6. The van der Waals surface area contributed by atoms with Gasteiger partial charge in [0.25, 0.3) is 0 Å². The van der Waals surface area contributed by atoms with Crippen LogP contribution < -0.4 is 20.5 Å². The third-order valence-corrected chi connectivity index (χ3v) is 7.22. The van der Waals surface area contributed by atoms with E-state index in [4.69, 9.17) is 14.0 Å². The lowest BCUT2D eigenvalue weighted by molar-refractivity contribution is -0.116. The summed E-state index contributed by atoms with van der Waals surface area (Å²) in [6.07, 6.45) is 0. The highest BCUT2D eigenvalue weighted by molar-refractivity contribution is 7.89. The Morgan fingerprint density at radius 1 is 1.12 bits per heavy atom. The maximum Gasteiger partial charge on any atom is 0.442 e. The Hall–Kier alpha value is -3.64. The lowest BCUT2D eigenvalue weighted by Gasteiger charge is -2.21. The third-order valence-electron chi connectivity index (χ3n) is 5.17. The van der Waals surface area contributed by atoms with Gasteiger partial charge in [-0.3, -0.25) is 9.32 Å². The van der Waals surface area contributed by atoms with E-state index in [0.717, 1.165) is 4.57 Å². The number of anilines is 1. The SMILES string of the molecule is COc1ccc(-c2noc(=O)n2CC(=O)Nc2ccc(S(=O)(=O)N(C)C(C)C)cc2)cc1OC. The van der Waals surface area contributed by atoms with Crippen LogP contribution >= 0.6 is 0 Å². The average Bonchev–Trinajstić information content (AvgIpc) is 3.18. The van der Waals surface area contributed by atoms with Crippen molar-refractivity contribution in [2.75, 3.05) is 26.6 Å². The minimum atomic E-state index is -3.64. The predicted octanol–water partition coefficient (Wildman–Crippen LogP) is 2.19. The number of benzene rings is 2. The number of rotatable bonds is 9. The summed E-state index contributed by atoms with van der Waals surface area (Å²) < 4.78 is 42.7. The molecule has 2 aromatic carbocycles. The lowest BCUT2D eigenvalue weighted by atomic mass is 10.2. The first kappa shape index (κ1) is 25.0. The highest BCUT2D eigenvalue weighted by Gasteiger charge is 2.23. The monoisotopic (exact) mass is 490 g/mol. The quantitative estimate of drug-likeness (QED) is 0.483. The molecule has 0 aliphatic rings. The summed E-state index contributed by atoms with van der Waals surface area (Å²) in [5, 5.41) is 6.41. The number of carbonyl (C=O) groups excluding carboxylic acids is 1. The fourth-order valence-corrected chi connectivity index (χ4v) is 4.46. The molecule has 182 valence electrons. The van der Waals surface area contributed by atoms with Crippen LogP contribution in [-0.4, -0.2) is 55.7 Å². The molecule has 0 aliphatic carbocycles. The molecule has 0 bridgehead atoms. The molecule has 0 aliphatic heterocycles. The number of amides is 1. The van der Waals surface area contributed by atoms with Gasteiger partial charge in [0.2, 0.25) is 15.9 Å². The summed E-state index contributed by atoms with van der Waals surface area (Å²) in [5.41, 5.74) is 0.855. The molecule has 11 nitrogen and oxygen atoms in total. The van der Waals surface area contributed by atoms with Crippen LogP contribution in [0.15, 0.2) is 56.7 Å². The molecule has 1 N–H and O–H groups in total. The molecule has 0 atom stereocenters. The molecule has 12 heteroatoms. The third kappa shape index (κ3) is 5.13. The van der Waals surface area contributed by atoms with Crippen molar-refractivity contribution >= 4 is 21.6 Å². The molecular weight excluding hydrogens is 464 g/mol. The second-order valence-corrected chi connectivity index (χ2v) is 9.61. The van der Waals surface area contributed by atoms with Crippen molar-refractivity contribution in [1.29, 1.82) is 0 Å². The first-order valence-electron chi connectivity index (χ1n) is 10.2. The van der Waals surface area contributed by atoms with Gasteiger partial charge in [-0.1, -0.05) is 5.16 Å². The summed E-state index contributed by atoms with van der Waals surface area (Å²) in [6, 6.07) is 10.5. The Balaban J connectivity index is 1.78. The molecular formula is C22H26N4O7S. The number of hydrogen-bond donors (Lipinski definition) is 1. The summed E-state index contributed by atoms with van der Waals surface area (Å²) in [5.74, 6) is -0.282. The molecule has 0 saturated heterocycles. The number of nitrogens with zero attached hydrogens (tertiary/aromatic N) is 3. The van der Waals surface area contributed by atoms with E-state index >= 15 is 0 Å². The number of sulfonamides is 1. The Kier molecular flexibility index (Phi) is 7.42. The van der Waals surface area contributed by atoms with E-state index in [-0.39, 0.29) is 23.3 Å². The Morgan fingerprint density at radius 3 is 2.35 bits per heavy atom. The van der Waals surface area contributed by atoms with Crippen molar-refractivity contribution in [2.24, 2.45) is 0 Å². The topological polar surface area (TPSA) is 133 Å². The summed E-state index contributed by atoms with van der Waals surface area (Å²) in [7, 11) is 0.833. The number of methoxy groups -OCH3 is 2. The second-order valence-electron chi connectivity index (χ2n) is 7.62. The largest absolute Gasteiger partial charge is 0.493 e. The van der Waals surface area contributed by atoms with E-state index in [9.17, 15) is 18.0 Å². The number of hydrogen-bond acceptors (Lipinski definition) is 8. The maximum absolute atomic E-state index is 12.6. The van der Waals surface area contributed by atoms with Gasteiger partial charge in [-0.15, -0.1) is 0 Å². The number of carbonyl (C=O) groups is 1. The number of aromatic nitrogens is 2. The molecule has 3 aromatic rings. The standard InChI is InChI=1S/C22H26N4O7S/c1-14(2)25(3)34(29,30)17-9-7-16(8-10-17)23-20(27)13-26-21(24-33-22(26)28)15-6-11-18(31-4)19(12-15)32-5/h6-12,14H,13H2,1-5H3,(H,23,27). The van der Waals surface area contributed by atoms with E-state index in [0.29, 0.717) is 22.7 Å². The van der Waals surface area contributed by atoms with Crippen LogP contribution in [0.1, 0.15) is 13.8 Å². The molecule has 1 aromatic heterocycles. The average molecular weight is 491 g/mol. The van der Waals surface area contributed by atoms with Crippen molar-refractivity contribution in [3.8, 4) is 22.9 Å². The smallest absolute Gasteiger partial charge is 0.442 e. The summed E-state index contributed by atoms with van der Waals surface area (Å²) >= 11 is 0. The molecule has 0 fully saturated rings. The van der Waals surface area contributed by atoms with Gasteiger partial charge in [0.15, 0.2) is 17.3 Å². The number of ether oxygens (including phenoxy) is 2. The molecule has 0 spiro atoms. The summed E-state index contributed by atoms with van der Waals surface area (Å²) in [4.78, 5) is 24.9.